The molecular formula is C24H22N2O3S. The summed E-state index contributed by atoms with van der Waals surface area (Å²) in [4.78, 5) is 8.72. The highest BCUT2D eigenvalue weighted by Crippen LogP contribution is 2.34. The van der Waals surface area contributed by atoms with Crippen LogP contribution < -0.4 is 9.47 Å². The normalized spacial score (nSPS) is 11.9. The average Bonchev–Trinajstić information content (AvgIpc) is 3.24. The van der Waals surface area contributed by atoms with Crippen molar-refractivity contribution in [3.63, 3.8) is 0 Å². The van der Waals surface area contributed by atoms with Gasteiger partial charge in [-0.05, 0) is 67.6 Å². The van der Waals surface area contributed by atoms with E-state index in [-0.39, 0.29) is 0 Å². The van der Waals surface area contributed by atoms with Crippen molar-refractivity contribution >= 4 is 11.2 Å². The Morgan fingerprint density at radius 1 is 0.767 bits per heavy atom. The number of ether oxygens (including phenoxy) is 2. The zero-order valence-electron chi connectivity index (χ0n) is 17.0. The minimum absolute atomic E-state index is 0.412. The third kappa shape index (κ3) is 4.06. The third-order valence-corrected chi connectivity index (χ3v) is 6.08. The minimum Gasteiger partial charge on any atom is -0.604 e. The lowest BCUT2D eigenvalue weighted by Gasteiger charge is -2.06. The molecule has 6 heteroatoms. The molecule has 0 radical (unpaired) electrons. The zero-order valence-corrected chi connectivity index (χ0v) is 17.8. The number of aromatic amines is 1. The lowest BCUT2D eigenvalue weighted by atomic mass is 10.0. The number of aryl methyl sites for hydroxylation is 1. The number of rotatable bonds is 6. The fraction of sp³-hybridized carbons (Fsp3) is 0.125. The van der Waals surface area contributed by atoms with Gasteiger partial charge >= 0.3 is 5.16 Å². The molecule has 152 valence electrons. The second-order valence-electron chi connectivity index (χ2n) is 6.80. The fourth-order valence-electron chi connectivity index (χ4n) is 3.14. The second kappa shape index (κ2) is 8.65. The highest BCUT2D eigenvalue weighted by molar-refractivity contribution is 7.91. The average molecular weight is 419 g/mol. The van der Waals surface area contributed by atoms with Crippen molar-refractivity contribution in [2.75, 3.05) is 14.2 Å². The van der Waals surface area contributed by atoms with Crippen molar-refractivity contribution in [1.29, 1.82) is 0 Å². The van der Waals surface area contributed by atoms with Crippen LogP contribution in [-0.2, 0) is 11.2 Å². The van der Waals surface area contributed by atoms with Crippen molar-refractivity contribution in [1.82, 2.24) is 9.97 Å². The van der Waals surface area contributed by atoms with Gasteiger partial charge < -0.3 is 14.0 Å². The maximum atomic E-state index is 13.2. The monoisotopic (exact) mass is 418 g/mol. The van der Waals surface area contributed by atoms with Gasteiger partial charge in [-0.15, -0.1) is 0 Å². The maximum absolute atomic E-state index is 13.2. The van der Waals surface area contributed by atoms with Crippen LogP contribution in [0.15, 0.2) is 82.8 Å². The summed E-state index contributed by atoms with van der Waals surface area (Å²) < 4.78 is 23.7. The number of imidazole rings is 1. The molecule has 1 atom stereocenters. The van der Waals surface area contributed by atoms with E-state index in [9.17, 15) is 4.55 Å². The molecule has 3 aromatic carbocycles. The summed E-state index contributed by atoms with van der Waals surface area (Å²) >= 11 is -1.42. The molecule has 1 heterocycles. The van der Waals surface area contributed by atoms with Gasteiger partial charge in [-0.2, -0.15) is 4.98 Å². The number of methoxy groups -OCH3 is 2. The quantitative estimate of drug-likeness (QED) is 0.435. The molecule has 0 aliphatic rings. The van der Waals surface area contributed by atoms with Crippen molar-refractivity contribution in [2.24, 2.45) is 0 Å². The molecule has 0 aliphatic carbocycles. The Hall–Kier alpha value is -3.22. The van der Waals surface area contributed by atoms with E-state index in [4.69, 9.17) is 14.5 Å². The van der Waals surface area contributed by atoms with Crippen LogP contribution in [0, 0.1) is 6.92 Å². The molecule has 1 aromatic heterocycles. The summed E-state index contributed by atoms with van der Waals surface area (Å²) in [7, 11) is 3.27. The largest absolute Gasteiger partial charge is 0.604 e. The van der Waals surface area contributed by atoms with E-state index in [1.165, 1.54) is 0 Å². The van der Waals surface area contributed by atoms with Gasteiger partial charge in [-0.1, -0.05) is 17.7 Å². The van der Waals surface area contributed by atoms with Gasteiger partial charge in [-0.3, -0.25) is 4.98 Å². The Morgan fingerprint density at radius 2 is 1.30 bits per heavy atom. The van der Waals surface area contributed by atoms with E-state index in [1.807, 2.05) is 79.7 Å². The molecule has 0 aliphatic heterocycles. The van der Waals surface area contributed by atoms with Crippen LogP contribution in [0.25, 0.3) is 22.5 Å². The van der Waals surface area contributed by atoms with E-state index in [1.54, 1.807) is 14.2 Å². The van der Waals surface area contributed by atoms with E-state index >= 15 is 0 Å². The van der Waals surface area contributed by atoms with Crippen LogP contribution in [0.1, 0.15) is 5.56 Å². The number of benzene rings is 3. The number of nitrogens with zero attached hydrogens (tertiary/aromatic N) is 1. The fourth-order valence-corrected chi connectivity index (χ4v) is 4.11. The molecule has 1 unspecified atom stereocenters. The van der Waals surface area contributed by atoms with Gasteiger partial charge in [-0.25, -0.2) is 0 Å². The molecule has 4 rings (SSSR count). The summed E-state index contributed by atoms with van der Waals surface area (Å²) in [6.07, 6.45) is 0. The lowest BCUT2D eigenvalue weighted by molar-refractivity contribution is 0.414. The molecule has 0 spiro atoms. The van der Waals surface area contributed by atoms with E-state index < -0.39 is 11.2 Å². The Balaban J connectivity index is 1.80. The maximum Gasteiger partial charge on any atom is 0.327 e. The van der Waals surface area contributed by atoms with Gasteiger partial charge in [0.15, 0.2) is 4.90 Å². The van der Waals surface area contributed by atoms with Crippen LogP contribution in [0.3, 0.4) is 0 Å². The molecule has 1 N–H and O–H groups in total. The Kier molecular flexibility index (Phi) is 5.79. The van der Waals surface area contributed by atoms with Crippen LogP contribution in [-0.4, -0.2) is 28.7 Å². The van der Waals surface area contributed by atoms with E-state index in [2.05, 4.69) is 4.98 Å². The molecule has 0 saturated heterocycles. The van der Waals surface area contributed by atoms with Gasteiger partial charge in [0.2, 0.25) is 0 Å². The first kappa shape index (κ1) is 20.1. The first-order valence-electron chi connectivity index (χ1n) is 9.46. The Bertz CT molecular complexity index is 1060. The summed E-state index contributed by atoms with van der Waals surface area (Å²) in [5.74, 6) is 1.54. The Morgan fingerprint density at radius 3 is 1.83 bits per heavy atom. The number of hydrogen-bond acceptors (Lipinski definition) is 4. The minimum atomic E-state index is -1.42. The van der Waals surface area contributed by atoms with Crippen molar-refractivity contribution in [2.45, 2.75) is 17.0 Å². The van der Waals surface area contributed by atoms with Crippen LogP contribution in [0.5, 0.6) is 11.5 Å². The van der Waals surface area contributed by atoms with E-state index in [0.717, 1.165) is 39.6 Å². The Labute approximate surface area is 178 Å². The van der Waals surface area contributed by atoms with Gasteiger partial charge in [0.05, 0.1) is 31.1 Å². The molecule has 0 bridgehead atoms. The smallest absolute Gasteiger partial charge is 0.327 e. The standard InChI is InChI=1S/C24H22N2O3S/c1-16-4-14-21(15-5-16)30(27)24-25-22(17-6-10-19(28-2)11-7-17)23(26-24)18-8-12-20(29-3)13-9-18/h4-15H,1-3H3,(H,25,26). The van der Waals surface area contributed by atoms with Crippen LogP contribution in [0.4, 0.5) is 0 Å². The summed E-state index contributed by atoms with van der Waals surface area (Å²) in [5, 5.41) is 0.412. The van der Waals surface area contributed by atoms with Gasteiger partial charge in [0.1, 0.15) is 17.2 Å². The first-order chi connectivity index (χ1) is 14.6. The predicted octanol–water partition coefficient (Wildman–Crippen LogP) is 5.24. The number of hydrogen-bond donors (Lipinski definition) is 1. The predicted molar refractivity (Wildman–Crippen MR) is 118 cm³/mol. The number of aromatic nitrogens is 2. The third-order valence-electron chi connectivity index (χ3n) is 4.83. The molecule has 0 fully saturated rings. The number of nitrogens with one attached hydrogen (secondary N) is 1. The van der Waals surface area contributed by atoms with Crippen molar-refractivity contribution in [3.05, 3.63) is 78.4 Å². The van der Waals surface area contributed by atoms with Crippen LogP contribution in [0.2, 0.25) is 0 Å². The lowest BCUT2D eigenvalue weighted by Crippen LogP contribution is -2.04. The molecule has 30 heavy (non-hydrogen) atoms. The first-order valence-corrected chi connectivity index (χ1v) is 10.6. The number of H-pyrrole nitrogens is 1. The van der Waals surface area contributed by atoms with Crippen molar-refractivity contribution < 1.29 is 14.0 Å². The van der Waals surface area contributed by atoms with Crippen molar-refractivity contribution in [3.8, 4) is 34.0 Å². The molecule has 0 amide bonds. The summed E-state index contributed by atoms with van der Waals surface area (Å²) in [6.45, 7) is 2.00. The highest BCUT2D eigenvalue weighted by atomic mass is 32.2. The topological polar surface area (TPSA) is 70.2 Å². The zero-order chi connectivity index (χ0) is 21.1. The summed E-state index contributed by atoms with van der Waals surface area (Å²) in [6, 6.07) is 23.0. The van der Waals surface area contributed by atoms with E-state index in [0.29, 0.717) is 10.1 Å². The highest BCUT2D eigenvalue weighted by Gasteiger charge is 2.24. The van der Waals surface area contributed by atoms with Gasteiger partial charge in [0, 0.05) is 11.1 Å². The molecule has 0 saturated carbocycles. The van der Waals surface area contributed by atoms with Crippen LogP contribution >= 0.6 is 0 Å². The van der Waals surface area contributed by atoms with Gasteiger partial charge in [0.25, 0.3) is 0 Å². The molecule has 5 nitrogen and oxygen atoms in total. The SMILES string of the molecule is COc1ccc(-c2nc([S+]([O-])c3ccc(C)cc3)[nH]c2-c2ccc(OC)cc2)cc1. The summed E-state index contributed by atoms with van der Waals surface area (Å²) in [5.41, 5.74) is 4.50. The molecule has 4 aromatic rings. The second-order valence-corrected chi connectivity index (χ2v) is 8.20. The molecular weight excluding hydrogens is 396 g/mol.